The highest BCUT2D eigenvalue weighted by Crippen LogP contribution is 2.35. The molecule has 0 saturated carbocycles. The summed E-state index contributed by atoms with van der Waals surface area (Å²) in [5.41, 5.74) is 3.13. The first kappa shape index (κ1) is 17.3. The van der Waals surface area contributed by atoms with Crippen LogP contribution in [0.15, 0.2) is 59.6 Å². The van der Waals surface area contributed by atoms with Crippen LogP contribution in [0, 0.1) is 13.8 Å². The minimum Gasteiger partial charge on any atom is -0.375 e. The van der Waals surface area contributed by atoms with Crippen molar-refractivity contribution in [2.75, 3.05) is 6.54 Å². The number of aliphatic hydroxyl groups excluding tert-OH is 1. The minimum atomic E-state index is -3.72. The summed E-state index contributed by atoms with van der Waals surface area (Å²) in [6.07, 6.45) is 1.49. The Morgan fingerprint density at radius 1 is 1.04 bits per heavy atom. The van der Waals surface area contributed by atoms with Crippen molar-refractivity contribution in [1.82, 2.24) is 8.87 Å². The zero-order valence-corrected chi connectivity index (χ0v) is 15.6. The molecule has 0 spiro atoms. The molecule has 2 aromatic carbocycles. The third kappa shape index (κ3) is 2.65. The second kappa shape index (κ2) is 6.23. The van der Waals surface area contributed by atoms with Gasteiger partial charge in [0.15, 0.2) is 0 Å². The van der Waals surface area contributed by atoms with E-state index in [1.165, 1.54) is 4.31 Å². The number of para-hydroxylation sites is 1. The zero-order chi connectivity index (χ0) is 18.5. The third-order valence-corrected chi connectivity index (χ3v) is 7.09. The van der Waals surface area contributed by atoms with Crippen molar-refractivity contribution in [3.05, 3.63) is 65.9 Å². The molecular formula is C20H22N2O3S. The lowest BCUT2D eigenvalue weighted by molar-refractivity contribution is 0.0618. The molecular weight excluding hydrogens is 348 g/mol. The van der Waals surface area contributed by atoms with Crippen LogP contribution in [0.25, 0.3) is 10.9 Å². The Morgan fingerprint density at radius 3 is 2.46 bits per heavy atom. The van der Waals surface area contributed by atoms with Crippen molar-refractivity contribution in [3.8, 4) is 0 Å². The van der Waals surface area contributed by atoms with E-state index in [0.717, 1.165) is 22.0 Å². The lowest BCUT2D eigenvalue weighted by Gasteiger charge is -2.24. The fraction of sp³-hybridized carbons (Fsp3) is 0.300. The molecule has 0 aliphatic carbocycles. The van der Waals surface area contributed by atoms with Crippen molar-refractivity contribution in [3.63, 3.8) is 0 Å². The Balaban J connectivity index is 1.70. The van der Waals surface area contributed by atoms with Crippen LogP contribution < -0.4 is 0 Å². The van der Waals surface area contributed by atoms with Crippen LogP contribution in [0.5, 0.6) is 0 Å². The van der Waals surface area contributed by atoms with Crippen LogP contribution in [0.4, 0.5) is 0 Å². The fourth-order valence-electron chi connectivity index (χ4n) is 3.78. The predicted octanol–water partition coefficient (Wildman–Crippen LogP) is 3.21. The number of rotatable bonds is 3. The molecule has 0 bridgehead atoms. The quantitative estimate of drug-likeness (QED) is 0.770. The molecule has 2 unspecified atom stereocenters. The second-order valence-corrected chi connectivity index (χ2v) is 8.83. The number of fused-ring (bicyclic) bond motifs is 1. The zero-order valence-electron chi connectivity index (χ0n) is 14.8. The molecule has 6 heteroatoms. The molecule has 5 nitrogen and oxygen atoms in total. The number of aryl methyl sites for hydroxylation is 2. The summed E-state index contributed by atoms with van der Waals surface area (Å²) in [6, 6.07) is 14.4. The largest absolute Gasteiger partial charge is 0.375 e. The van der Waals surface area contributed by atoms with Gasteiger partial charge in [-0.2, -0.15) is 4.31 Å². The molecule has 4 rings (SSSR count). The van der Waals surface area contributed by atoms with E-state index in [1.807, 2.05) is 48.9 Å². The lowest BCUT2D eigenvalue weighted by atomic mass is 10.2. The molecule has 136 valence electrons. The van der Waals surface area contributed by atoms with Gasteiger partial charge in [0, 0.05) is 23.6 Å². The Kier molecular flexibility index (Phi) is 4.14. The number of aromatic nitrogens is 1. The Hall–Kier alpha value is -2.15. The van der Waals surface area contributed by atoms with E-state index in [0.29, 0.717) is 13.0 Å². The molecule has 0 radical (unpaired) electrons. The van der Waals surface area contributed by atoms with Crippen LogP contribution in [0.3, 0.4) is 0 Å². The maximum Gasteiger partial charge on any atom is 0.245 e. The van der Waals surface area contributed by atoms with Gasteiger partial charge >= 0.3 is 0 Å². The maximum atomic E-state index is 13.0. The summed E-state index contributed by atoms with van der Waals surface area (Å²) < 4.78 is 29.1. The number of hydrogen-bond donors (Lipinski definition) is 1. The molecule has 0 amide bonds. The van der Waals surface area contributed by atoms with Gasteiger partial charge in [0.05, 0.1) is 10.9 Å². The summed E-state index contributed by atoms with van der Waals surface area (Å²) in [5, 5.41) is 12.0. The van der Waals surface area contributed by atoms with Gasteiger partial charge in [0.2, 0.25) is 10.0 Å². The van der Waals surface area contributed by atoms with Crippen molar-refractivity contribution in [1.29, 1.82) is 0 Å². The highest BCUT2D eigenvalue weighted by Gasteiger charge is 2.41. The first-order chi connectivity index (χ1) is 12.4. The van der Waals surface area contributed by atoms with Crippen molar-refractivity contribution < 1.29 is 13.5 Å². The van der Waals surface area contributed by atoms with Crippen LogP contribution in [-0.4, -0.2) is 35.2 Å². The normalized spacial score (nSPS) is 21.5. The highest BCUT2D eigenvalue weighted by atomic mass is 32.2. The van der Waals surface area contributed by atoms with E-state index >= 15 is 0 Å². The Bertz CT molecular complexity index is 1050. The fourth-order valence-corrected chi connectivity index (χ4v) is 5.30. The number of benzene rings is 2. The molecule has 1 aliphatic heterocycles. The number of hydrogen-bond acceptors (Lipinski definition) is 3. The van der Waals surface area contributed by atoms with Gasteiger partial charge < -0.3 is 9.67 Å². The minimum absolute atomic E-state index is 0.219. The van der Waals surface area contributed by atoms with Gasteiger partial charge in [-0.25, -0.2) is 8.42 Å². The molecule has 26 heavy (non-hydrogen) atoms. The van der Waals surface area contributed by atoms with Crippen LogP contribution >= 0.6 is 0 Å². The van der Waals surface area contributed by atoms with E-state index in [-0.39, 0.29) is 10.9 Å². The molecule has 1 aliphatic rings. The summed E-state index contributed by atoms with van der Waals surface area (Å²) in [5.74, 6) is 0. The Morgan fingerprint density at radius 2 is 1.73 bits per heavy atom. The average Bonchev–Trinajstić information content (AvgIpc) is 3.16. The standard InChI is InChI=1S/C20H22N2O3S/c1-14-7-9-16(10-8-14)26(24,25)22-12-11-19(20(22)23)21-13-15(2)17-5-3-4-6-18(17)21/h3-10,13,19-20,23H,11-12H2,1-2H3. The van der Waals surface area contributed by atoms with E-state index in [1.54, 1.807) is 24.3 Å². The summed E-state index contributed by atoms with van der Waals surface area (Å²) in [6.45, 7) is 4.24. The number of nitrogens with zero attached hydrogens (tertiary/aromatic N) is 2. The summed E-state index contributed by atoms with van der Waals surface area (Å²) in [4.78, 5) is 0.219. The summed E-state index contributed by atoms with van der Waals surface area (Å²) in [7, 11) is -3.72. The van der Waals surface area contributed by atoms with Crippen LogP contribution in [0.1, 0.15) is 23.6 Å². The Labute approximate surface area is 153 Å². The third-order valence-electron chi connectivity index (χ3n) is 5.21. The van der Waals surface area contributed by atoms with Crippen LogP contribution in [-0.2, 0) is 10.0 Å². The van der Waals surface area contributed by atoms with Gasteiger partial charge in [-0.05, 0) is 44.0 Å². The molecule has 3 aromatic rings. The van der Waals surface area contributed by atoms with Gasteiger partial charge in [-0.3, -0.25) is 0 Å². The molecule has 1 saturated heterocycles. The summed E-state index contributed by atoms with van der Waals surface area (Å²) >= 11 is 0. The van der Waals surface area contributed by atoms with Gasteiger partial charge in [0.25, 0.3) is 0 Å². The molecule has 2 heterocycles. The molecule has 2 atom stereocenters. The molecule has 1 fully saturated rings. The van der Waals surface area contributed by atoms with E-state index in [4.69, 9.17) is 0 Å². The lowest BCUT2D eigenvalue weighted by Crippen LogP contribution is -2.38. The average molecular weight is 370 g/mol. The smallest absolute Gasteiger partial charge is 0.245 e. The van der Waals surface area contributed by atoms with Crippen LogP contribution in [0.2, 0.25) is 0 Å². The van der Waals surface area contributed by atoms with Crippen molar-refractivity contribution in [2.45, 2.75) is 37.4 Å². The highest BCUT2D eigenvalue weighted by molar-refractivity contribution is 7.89. The predicted molar refractivity (Wildman–Crippen MR) is 101 cm³/mol. The molecule has 1 N–H and O–H groups in total. The van der Waals surface area contributed by atoms with Gasteiger partial charge in [-0.15, -0.1) is 0 Å². The number of sulfonamides is 1. The van der Waals surface area contributed by atoms with E-state index in [9.17, 15) is 13.5 Å². The first-order valence-corrected chi connectivity index (χ1v) is 10.2. The monoisotopic (exact) mass is 370 g/mol. The molecule has 1 aromatic heterocycles. The maximum absolute atomic E-state index is 13.0. The topological polar surface area (TPSA) is 62.5 Å². The van der Waals surface area contributed by atoms with Gasteiger partial charge in [-0.1, -0.05) is 35.9 Å². The van der Waals surface area contributed by atoms with Crippen molar-refractivity contribution in [2.24, 2.45) is 0 Å². The first-order valence-electron chi connectivity index (χ1n) is 8.72. The van der Waals surface area contributed by atoms with Crippen molar-refractivity contribution >= 4 is 20.9 Å². The van der Waals surface area contributed by atoms with Gasteiger partial charge in [0.1, 0.15) is 6.23 Å². The van der Waals surface area contributed by atoms with E-state index in [2.05, 4.69) is 0 Å². The number of aliphatic hydroxyl groups is 1. The SMILES string of the molecule is Cc1ccc(S(=O)(=O)N2CCC(n3cc(C)c4ccccc43)C2O)cc1. The van der Waals surface area contributed by atoms with E-state index < -0.39 is 16.3 Å². The second-order valence-electron chi connectivity index (χ2n) is 6.93.